The van der Waals surface area contributed by atoms with Crippen molar-refractivity contribution in [3.05, 3.63) is 28.9 Å². The van der Waals surface area contributed by atoms with E-state index < -0.39 is 0 Å². The van der Waals surface area contributed by atoms with Gasteiger partial charge in [0.1, 0.15) is 5.69 Å². The van der Waals surface area contributed by atoms with Crippen LogP contribution in [0.1, 0.15) is 35.9 Å². The van der Waals surface area contributed by atoms with E-state index >= 15 is 0 Å². The van der Waals surface area contributed by atoms with Crippen molar-refractivity contribution in [1.29, 1.82) is 0 Å². The Balaban J connectivity index is 1.58. The van der Waals surface area contributed by atoms with Gasteiger partial charge in [0.25, 0.3) is 5.91 Å². The second-order valence-electron chi connectivity index (χ2n) is 6.55. The number of hydrogen-bond donors (Lipinski definition) is 1. The SMILES string of the molecule is Cc1nc(C(=O)N[C@@H]2C3CCN(CC3)[C@@H]2C)cc2ccsc12. The van der Waals surface area contributed by atoms with Gasteiger partial charge in [0.05, 0.1) is 10.4 Å². The van der Waals surface area contributed by atoms with Crippen LogP contribution in [0.3, 0.4) is 0 Å². The van der Waals surface area contributed by atoms with Crippen molar-refractivity contribution in [2.75, 3.05) is 13.1 Å². The summed E-state index contributed by atoms with van der Waals surface area (Å²) in [5, 5.41) is 6.43. The number of piperidine rings is 3. The molecule has 0 aliphatic carbocycles. The van der Waals surface area contributed by atoms with Crippen molar-refractivity contribution in [2.45, 2.75) is 38.8 Å². The molecule has 2 bridgehead atoms. The van der Waals surface area contributed by atoms with Crippen molar-refractivity contribution >= 4 is 27.3 Å². The second kappa shape index (κ2) is 5.32. The van der Waals surface area contributed by atoms with Crippen molar-refractivity contribution in [3.8, 4) is 0 Å². The number of fused-ring (bicyclic) bond motifs is 4. The highest BCUT2D eigenvalue weighted by Crippen LogP contribution is 2.32. The van der Waals surface area contributed by atoms with Crippen molar-refractivity contribution in [1.82, 2.24) is 15.2 Å². The van der Waals surface area contributed by atoms with Crippen LogP contribution in [0.4, 0.5) is 0 Å². The van der Waals surface area contributed by atoms with E-state index in [0.29, 0.717) is 17.7 Å². The van der Waals surface area contributed by atoms with Crippen LogP contribution in [0.15, 0.2) is 17.5 Å². The maximum absolute atomic E-state index is 12.7. The molecule has 3 aliphatic rings. The third-order valence-corrected chi connectivity index (χ3v) is 6.35. The Morgan fingerprint density at radius 1 is 1.41 bits per heavy atom. The Morgan fingerprint density at radius 3 is 2.91 bits per heavy atom. The van der Waals surface area contributed by atoms with Crippen LogP contribution in [0.25, 0.3) is 10.1 Å². The zero-order valence-electron chi connectivity index (χ0n) is 13.0. The zero-order chi connectivity index (χ0) is 15.3. The number of amides is 1. The van der Waals surface area contributed by atoms with Gasteiger partial charge in [-0.05, 0) is 68.6 Å². The third kappa shape index (κ3) is 2.23. The van der Waals surface area contributed by atoms with Gasteiger partial charge in [0, 0.05) is 12.1 Å². The maximum atomic E-state index is 12.7. The Morgan fingerprint density at radius 2 is 2.18 bits per heavy atom. The minimum atomic E-state index is -0.0261. The van der Waals surface area contributed by atoms with Crippen LogP contribution in [0.2, 0.25) is 0 Å². The first-order valence-electron chi connectivity index (χ1n) is 8.03. The lowest BCUT2D eigenvalue weighted by Gasteiger charge is -2.49. The highest BCUT2D eigenvalue weighted by molar-refractivity contribution is 7.17. The molecule has 1 N–H and O–H groups in total. The van der Waals surface area contributed by atoms with Gasteiger partial charge in [0.2, 0.25) is 0 Å². The Hall–Kier alpha value is -1.46. The Kier molecular flexibility index (Phi) is 3.42. The largest absolute Gasteiger partial charge is 0.346 e. The number of nitrogens with zero attached hydrogens (tertiary/aromatic N) is 2. The standard InChI is InChI=1S/C17H21N3OS/c1-10-16-13(5-8-22-16)9-14(18-10)17(21)19-15-11(2)20-6-3-12(15)4-7-20/h5,8-9,11-12,15H,3-4,6-7H2,1-2H3,(H,19,21)/t11-,15+/m1/s1. The molecule has 116 valence electrons. The molecule has 5 rings (SSSR count). The van der Waals surface area contributed by atoms with Crippen molar-refractivity contribution in [2.24, 2.45) is 5.92 Å². The van der Waals surface area contributed by atoms with Gasteiger partial charge in [-0.25, -0.2) is 4.98 Å². The van der Waals surface area contributed by atoms with E-state index in [1.54, 1.807) is 11.3 Å². The van der Waals surface area contributed by atoms with Gasteiger partial charge in [-0.2, -0.15) is 0 Å². The summed E-state index contributed by atoms with van der Waals surface area (Å²) in [6.45, 7) is 6.57. The maximum Gasteiger partial charge on any atom is 0.270 e. The summed E-state index contributed by atoms with van der Waals surface area (Å²) in [4.78, 5) is 19.7. The van der Waals surface area contributed by atoms with Gasteiger partial charge in [-0.1, -0.05) is 0 Å². The first kappa shape index (κ1) is 14.2. The lowest BCUT2D eigenvalue weighted by Crippen LogP contribution is -2.62. The molecule has 1 amide bonds. The fraction of sp³-hybridized carbons (Fsp3) is 0.529. The van der Waals surface area contributed by atoms with E-state index in [2.05, 4.69) is 33.6 Å². The number of carbonyl (C=O) groups is 1. The summed E-state index contributed by atoms with van der Waals surface area (Å²) < 4.78 is 1.17. The third-order valence-electron chi connectivity index (χ3n) is 5.31. The summed E-state index contributed by atoms with van der Waals surface area (Å²) in [5.74, 6) is 0.594. The molecule has 2 aromatic rings. The van der Waals surface area contributed by atoms with Crippen LogP contribution < -0.4 is 5.32 Å². The number of aromatic nitrogens is 1. The predicted octanol–water partition coefficient (Wildman–Crippen LogP) is 2.82. The number of carbonyl (C=O) groups excluding carboxylic acids is 1. The van der Waals surface area contributed by atoms with Crippen LogP contribution >= 0.6 is 11.3 Å². The van der Waals surface area contributed by atoms with Gasteiger partial charge in [-0.3, -0.25) is 9.69 Å². The summed E-state index contributed by atoms with van der Waals surface area (Å²) in [5.41, 5.74) is 1.49. The molecule has 0 unspecified atom stereocenters. The first-order valence-corrected chi connectivity index (χ1v) is 8.91. The molecule has 4 nitrogen and oxygen atoms in total. The van der Waals surface area contributed by atoms with Gasteiger partial charge < -0.3 is 5.32 Å². The molecular formula is C17H21N3OS. The normalized spacial score (nSPS) is 30.6. The number of rotatable bonds is 2. The molecule has 0 radical (unpaired) electrons. The lowest BCUT2D eigenvalue weighted by molar-refractivity contribution is 0.0216. The summed E-state index contributed by atoms with van der Waals surface area (Å²) in [7, 11) is 0. The number of aryl methyl sites for hydroxylation is 1. The topological polar surface area (TPSA) is 45.2 Å². The van der Waals surface area contributed by atoms with Crippen LogP contribution in [0.5, 0.6) is 0 Å². The highest BCUT2D eigenvalue weighted by Gasteiger charge is 2.40. The molecule has 0 saturated carbocycles. The van der Waals surface area contributed by atoms with E-state index in [9.17, 15) is 4.79 Å². The monoisotopic (exact) mass is 315 g/mol. The molecular weight excluding hydrogens is 294 g/mol. The van der Waals surface area contributed by atoms with Gasteiger partial charge in [0.15, 0.2) is 0 Å². The minimum Gasteiger partial charge on any atom is -0.346 e. The van der Waals surface area contributed by atoms with Crippen LogP contribution in [-0.4, -0.2) is 41.0 Å². The highest BCUT2D eigenvalue weighted by atomic mass is 32.1. The molecule has 3 fully saturated rings. The molecule has 5 heteroatoms. The Labute approximate surface area is 134 Å². The summed E-state index contributed by atoms with van der Waals surface area (Å²) >= 11 is 1.68. The average molecular weight is 315 g/mol. The van der Waals surface area contributed by atoms with Crippen molar-refractivity contribution in [3.63, 3.8) is 0 Å². The van der Waals surface area contributed by atoms with Gasteiger partial charge >= 0.3 is 0 Å². The molecule has 3 aliphatic heterocycles. The molecule has 22 heavy (non-hydrogen) atoms. The number of thiophene rings is 1. The molecule has 2 atom stereocenters. The van der Waals surface area contributed by atoms with Crippen LogP contribution in [0, 0.1) is 12.8 Å². The number of hydrogen-bond acceptors (Lipinski definition) is 4. The second-order valence-corrected chi connectivity index (χ2v) is 7.46. The fourth-order valence-corrected chi connectivity index (χ4v) is 4.85. The molecule has 0 spiro atoms. The van der Waals surface area contributed by atoms with E-state index in [1.807, 2.05) is 13.0 Å². The van der Waals surface area contributed by atoms with E-state index in [0.717, 1.165) is 11.1 Å². The Bertz CT molecular complexity index is 716. The first-order chi connectivity index (χ1) is 10.6. The smallest absolute Gasteiger partial charge is 0.270 e. The average Bonchev–Trinajstić information content (AvgIpc) is 3.00. The van der Waals surface area contributed by atoms with Gasteiger partial charge in [-0.15, -0.1) is 11.3 Å². The van der Waals surface area contributed by atoms with E-state index in [1.165, 1.54) is 30.6 Å². The number of pyridine rings is 1. The molecule has 3 saturated heterocycles. The van der Waals surface area contributed by atoms with Crippen molar-refractivity contribution < 1.29 is 4.79 Å². The van der Waals surface area contributed by atoms with E-state index in [-0.39, 0.29) is 11.9 Å². The summed E-state index contributed by atoms with van der Waals surface area (Å²) in [6, 6.07) is 4.67. The molecule has 5 heterocycles. The molecule has 2 aromatic heterocycles. The molecule has 0 aromatic carbocycles. The number of nitrogens with one attached hydrogen (secondary N) is 1. The summed E-state index contributed by atoms with van der Waals surface area (Å²) in [6.07, 6.45) is 2.40. The fourth-order valence-electron chi connectivity index (χ4n) is 4.02. The lowest BCUT2D eigenvalue weighted by atomic mass is 9.79. The quantitative estimate of drug-likeness (QED) is 0.927. The minimum absolute atomic E-state index is 0.0261. The van der Waals surface area contributed by atoms with E-state index in [4.69, 9.17) is 0 Å². The zero-order valence-corrected chi connectivity index (χ0v) is 13.8. The van der Waals surface area contributed by atoms with Crippen LogP contribution in [-0.2, 0) is 0 Å². The predicted molar refractivity (Wildman–Crippen MR) is 89.4 cm³/mol.